The third kappa shape index (κ3) is 2.92. The molecule has 1 aromatic carbocycles. The second kappa shape index (κ2) is 6.03. The van der Waals surface area contributed by atoms with Gasteiger partial charge in [0, 0.05) is 15.8 Å². The lowest BCUT2D eigenvalue weighted by Crippen LogP contribution is -2.12. The van der Waals surface area contributed by atoms with Crippen LogP contribution in [0.5, 0.6) is 5.75 Å². The topological polar surface area (TPSA) is 35.2 Å². The van der Waals surface area contributed by atoms with Crippen LogP contribution in [-0.2, 0) is 12.8 Å². The van der Waals surface area contributed by atoms with E-state index >= 15 is 0 Å². The first-order chi connectivity index (χ1) is 8.74. The average Bonchev–Trinajstić information content (AvgIpc) is 2.88. The Balaban J connectivity index is 2.13. The molecule has 0 spiro atoms. The SMILES string of the molecule is CCc1ccc(C(N)Cc2ccccc2OC)s1. The summed E-state index contributed by atoms with van der Waals surface area (Å²) in [4.78, 5) is 2.64. The molecule has 1 aromatic heterocycles. The van der Waals surface area contributed by atoms with Gasteiger partial charge in [-0.05, 0) is 36.6 Å². The highest BCUT2D eigenvalue weighted by atomic mass is 32.1. The van der Waals surface area contributed by atoms with Crippen molar-refractivity contribution in [3.63, 3.8) is 0 Å². The standard InChI is InChI=1S/C15H19NOS/c1-3-12-8-9-15(18-12)13(16)10-11-6-4-5-7-14(11)17-2/h4-9,13H,3,10,16H2,1-2H3. The predicted octanol–water partition coefficient (Wildman–Crippen LogP) is 3.56. The van der Waals surface area contributed by atoms with Crippen molar-refractivity contribution in [1.29, 1.82) is 0 Å². The van der Waals surface area contributed by atoms with E-state index in [1.807, 2.05) is 29.5 Å². The van der Waals surface area contributed by atoms with Gasteiger partial charge < -0.3 is 10.5 Å². The normalized spacial score (nSPS) is 12.4. The van der Waals surface area contributed by atoms with Gasteiger partial charge in [0.2, 0.25) is 0 Å². The van der Waals surface area contributed by atoms with Crippen molar-refractivity contribution in [2.24, 2.45) is 5.73 Å². The molecule has 1 unspecified atom stereocenters. The van der Waals surface area contributed by atoms with Gasteiger partial charge in [-0.15, -0.1) is 11.3 Å². The number of thiophene rings is 1. The van der Waals surface area contributed by atoms with E-state index in [4.69, 9.17) is 10.5 Å². The number of aryl methyl sites for hydroxylation is 1. The Hall–Kier alpha value is -1.32. The minimum atomic E-state index is 0.0478. The van der Waals surface area contributed by atoms with Crippen molar-refractivity contribution in [3.05, 3.63) is 51.7 Å². The first kappa shape index (κ1) is 13.1. The molecule has 1 atom stereocenters. The van der Waals surface area contributed by atoms with E-state index in [0.29, 0.717) is 0 Å². The number of benzene rings is 1. The van der Waals surface area contributed by atoms with Crippen LogP contribution in [0.15, 0.2) is 36.4 Å². The molecule has 3 heteroatoms. The third-order valence-electron chi connectivity index (χ3n) is 3.03. The highest BCUT2D eigenvalue weighted by Gasteiger charge is 2.12. The third-order valence-corrected chi connectivity index (χ3v) is 4.39. The Morgan fingerprint density at radius 3 is 2.67 bits per heavy atom. The summed E-state index contributed by atoms with van der Waals surface area (Å²) in [6, 6.07) is 12.4. The van der Waals surface area contributed by atoms with Gasteiger partial charge in [-0.3, -0.25) is 0 Å². The molecule has 0 saturated carbocycles. The molecule has 0 aliphatic rings. The van der Waals surface area contributed by atoms with Crippen LogP contribution in [0.25, 0.3) is 0 Å². The predicted molar refractivity (Wildman–Crippen MR) is 77.3 cm³/mol. The molecule has 0 amide bonds. The number of nitrogens with two attached hydrogens (primary N) is 1. The summed E-state index contributed by atoms with van der Waals surface area (Å²) in [5, 5.41) is 0. The zero-order chi connectivity index (χ0) is 13.0. The maximum absolute atomic E-state index is 6.27. The van der Waals surface area contributed by atoms with E-state index in [-0.39, 0.29) is 6.04 Å². The minimum absolute atomic E-state index is 0.0478. The fourth-order valence-corrected chi connectivity index (χ4v) is 2.95. The zero-order valence-corrected chi connectivity index (χ0v) is 11.7. The van der Waals surface area contributed by atoms with Gasteiger partial charge >= 0.3 is 0 Å². The number of methoxy groups -OCH3 is 1. The van der Waals surface area contributed by atoms with Crippen LogP contribution in [0, 0.1) is 0 Å². The van der Waals surface area contributed by atoms with Crippen molar-refractivity contribution in [2.45, 2.75) is 25.8 Å². The number of hydrogen-bond donors (Lipinski definition) is 1. The van der Waals surface area contributed by atoms with Gasteiger partial charge in [0.25, 0.3) is 0 Å². The summed E-state index contributed by atoms with van der Waals surface area (Å²) in [7, 11) is 1.70. The second-order valence-electron chi connectivity index (χ2n) is 4.28. The van der Waals surface area contributed by atoms with E-state index in [1.54, 1.807) is 7.11 Å². The summed E-state index contributed by atoms with van der Waals surface area (Å²) >= 11 is 1.81. The molecule has 1 heterocycles. The molecular formula is C15H19NOS. The monoisotopic (exact) mass is 261 g/mol. The van der Waals surface area contributed by atoms with E-state index in [9.17, 15) is 0 Å². The van der Waals surface area contributed by atoms with Gasteiger partial charge in [-0.25, -0.2) is 0 Å². The maximum atomic E-state index is 6.27. The molecule has 0 bridgehead atoms. The van der Waals surface area contributed by atoms with Crippen molar-refractivity contribution >= 4 is 11.3 Å². The van der Waals surface area contributed by atoms with Gasteiger partial charge in [0.1, 0.15) is 5.75 Å². The van der Waals surface area contributed by atoms with Crippen LogP contribution in [-0.4, -0.2) is 7.11 Å². The Morgan fingerprint density at radius 1 is 1.22 bits per heavy atom. The molecule has 96 valence electrons. The summed E-state index contributed by atoms with van der Waals surface area (Å²) in [5.74, 6) is 0.917. The lowest BCUT2D eigenvalue weighted by atomic mass is 10.0. The smallest absolute Gasteiger partial charge is 0.122 e. The summed E-state index contributed by atoms with van der Waals surface area (Å²) in [6.45, 7) is 2.17. The van der Waals surface area contributed by atoms with Crippen LogP contribution in [0.4, 0.5) is 0 Å². The first-order valence-corrected chi connectivity index (χ1v) is 7.02. The Morgan fingerprint density at radius 2 is 2.00 bits per heavy atom. The highest BCUT2D eigenvalue weighted by Crippen LogP contribution is 2.27. The van der Waals surface area contributed by atoms with Crippen molar-refractivity contribution in [1.82, 2.24) is 0 Å². The summed E-state index contributed by atoms with van der Waals surface area (Å²) in [6.07, 6.45) is 1.89. The molecule has 0 saturated heterocycles. The molecule has 2 aromatic rings. The van der Waals surface area contributed by atoms with Crippen LogP contribution in [0.1, 0.15) is 28.3 Å². The zero-order valence-electron chi connectivity index (χ0n) is 10.8. The molecule has 0 radical (unpaired) electrons. The maximum Gasteiger partial charge on any atom is 0.122 e. The van der Waals surface area contributed by atoms with Crippen LogP contribution in [0.3, 0.4) is 0 Å². The van der Waals surface area contributed by atoms with Crippen molar-refractivity contribution in [2.75, 3.05) is 7.11 Å². The largest absolute Gasteiger partial charge is 0.496 e. The molecule has 2 N–H and O–H groups in total. The summed E-state index contributed by atoms with van der Waals surface area (Å²) in [5.41, 5.74) is 7.44. The molecule has 2 nitrogen and oxygen atoms in total. The second-order valence-corrected chi connectivity index (χ2v) is 5.48. The molecule has 2 rings (SSSR count). The average molecular weight is 261 g/mol. The van der Waals surface area contributed by atoms with E-state index in [1.165, 1.54) is 15.3 Å². The molecular weight excluding hydrogens is 242 g/mol. The van der Waals surface area contributed by atoms with Gasteiger partial charge in [-0.2, -0.15) is 0 Å². The first-order valence-electron chi connectivity index (χ1n) is 6.20. The van der Waals surface area contributed by atoms with Crippen molar-refractivity contribution in [3.8, 4) is 5.75 Å². The molecule has 0 aliphatic heterocycles. The highest BCUT2D eigenvalue weighted by molar-refractivity contribution is 7.12. The Labute approximate surface area is 112 Å². The van der Waals surface area contributed by atoms with E-state index < -0.39 is 0 Å². The van der Waals surface area contributed by atoms with Crippen LogP contribution in [0.2, 0.25) is 0 Å². The van der Waals surface area contributed by atoms with Crippen LogP contribution < -0.4 is 10.5 Å². The Bertz CT molecular complexity index is 507. The van der Waals surface area contributed by atoms with Crippen molar-refractivity contribution < 1.29 is 4.74 Å². The number of ether oxygens (including phenoxy) is 1. The van der Waals surface area contributed by atoms with Gasteiger partial charge in [-0.1, -0.05) is 25.1 Å². The fraction of sp³-hybridized carbons (Fsp3) is 0.333. The number of para-hydroxylation sites is 1. The lowest BCUT2D eigenvalue weighted by Gasteiger charge is -2.12. The molecule has 18 heavy (non-hydrogen) atoms. The Kier molecular flexibility index (Phi) is 4.39. The lowest BCUT2D eigenvalue weighted by molar-refractivity contribution is 0.408. The minimum Gasteiger partial charge on any atom is -0.496 e. The number of rotatable bonds is 5. The van der Waals surface area contributed by atoms with Crippen LogP contribution >= 0.6 is 11.3 Å². The quantitative estimate of drug-likeness (QED) is 0.893. The summed E-state index contributed by atoms with van der Waals surface area (Å²) < 4.78 is 5.36. The van der Waals surface area contributed by atoms with Gasteiger partial charge in [0.15, 0.2) is 0 Å². The van der Waals surface area contributed by atoms with Gasteiger partial charge in [0.05, 0.1) is 7.11 Å². The molecule has 0 aliphatic carbocycles. The van der Waals surface area contributed by atoms with E-state index in [0.717, 1.165) is 18.6 Å². The fourth-order valence-electron chi connectivity index (χ4n) is 1.99. The number of hydrogen-bond acceptors (Lipinski definition) is 3. The van der Waals surface area contributed by atoms with E-state index in [2.05, 4.69) is 25.1 Å². The molecule has 0 fully saturated rings.